The van der Waals surface area contributed by atoms with Gasteiger partial charge in [0.1, 0.15) is 0 Å². The van der Waals surface area contributed by atoms with Crippen molar-refractivity contribution < 1.29 is 0 Å². The van der Waals surface area contributed by atoms with Gasteiger partial charge >= 0.3 is 0 Å². The van der Waals surface area contributed by atoms with E-state index in [-0.39, 0.29) is 7.92 Å². The quantitative estimate of drug-likeness (QED) is 0.687. The Morgan fingerprint density at radius 2 is 1.09 bits per heavy atom. The normalized spacial score (nSPS) is 10.9. The van der Waals surface area contributed by atoms with Gasteiger partial charge in [-0.2, -0.15) is 0 Å². The maximum atomic E-state index is 5.88. The largest absolute Gasteiger partial charge is 0.326 e. The molecule has 2 N–H and O–H groups in total. The Kier molecular flexibility index (Phi) is 5.58. The maximum Gasteiger partial charge on any atom is 0.0180 e. The third-order valence-electron chi connectivity index (χ3n) is 4.08. The summed E-state index contributed by atoms with van der Waals surface area (Å²) in [5.41, 5.74) is 8.54. The van der Waals surface area contributed by atoms with E-state index in [9.17, 15) is 0 Å². The molecule has 0 aliphatic carbocycles. The second kappa shape index (κ2) is 8.06. The minimum absolute atomic E-state index is 0.333. The lowest BCUT2D eigenvalue weighted by atomic mass is 10.1. The van der Waals surface area contributed by atoms with Gasteiger partial charge in [-0.25, -0.2) is 0 Å². The molecule has 23 heavy (non-hydrogen) atoms. The van der Waals surface area contributed by atoms with Crippen LogP contribution in [0.15, 0.2) is 84.9 Å². The Balaban J connectivity index is 1.85. The molecule has 0 saturated heterocycles. The van der Waals surface area contributed by atoms with Gasteiger partial charge in [-0.3, -0.25) is 0 Å². The van der Waals surface area contributed by atoms with Crippen LogP contribution >= 0.6 is 7.92 Å². The first kappa shape index (κ1) is 15.9. The van der Waals surface area contributed by atoms with Crippen molar-refractivity contribution in [2.45, 2.75) is 13.0 Å². The molecule has 0 amide bonds. The number of hydrogen-bond acceptors (Lipinski definition) is 1. The summed E-state index contributed by atoms with van der Waals surface area (Å²) in [6.07, 6.45) is 2.23. The standard InChI is InChI=1S/C21H22NP/c22-17-19-10-8-7-9-18(19)15-16-23(20-11-3-1-4-12-20)21-13-5-2-6-14-21/h1-14H,15-17,22H2. The van der Waals surface area contributed by atoms with Crippen LogP contribution in [0, 0.1) is 0 Å². The molecule has 2 heteroatoms. The van der Waals surface area contributed by atoms with E-state index in [1.54, 1.807) is 0 Å². The molecular formula is C21H22NP. The summed E-state index contributed by atoms with van der Waals surface area (Å²) in [7, 11) is -0.333. The van der Waals surface area contributed by atoms with Gasteiger partial charge in [-0.15, -0.1) is 0 Å². The van der Waals surface area contributed by atoms with Crippen LogP contribution in [0.3, 0.4) is 0 Å². The monoisotopic (exact) mass is 319 g/mol. The smallest absolute Gasteiger partial charge is 0.0180 e. The van der Waals surface area contributed by atoms with Gasteiger partial charge in [0.25, 0.3) is 0 Å². The van der Waals surface area contributed by atoms with Gasteiger partial charge in [0, 0.05) is 6.54 Å². The zero-order valence-corrected chi connectivity index (χ0v) is 14.1. The lowest BCUT2D eigenvalue weighted by Gasteiger charge is -2.19. The highest BCUT2D eigenvalue weighted by molar-refractivity contribution is 7.73. The highest BCUT2D eigenvalue weighted by Crippen LogP contribution is 2.34. The minimum Gasteiger partial charge on any atom is -0.326 e. The molecule has 0 aliphatic heterocycles. The molecule has 0 aliphatic rings. The number of rotatable bonds is 6. The molecule has 0 saturated carbocycles. The summed E-state index contributed by atoms with van der Waals surface area (Å²) in [6.45, 7) is 0.616. The predicted molar refractivity (Wildman–Crippen MR) is 102 cm³/mol. The van der Waals surface area contributed by atoms with Crippen molar-refractivity contribution in [3.05, 3.63) is 96.1 Å². The van der Waals surface area contributed by atoms with E-state index in [1.807, 2.05) is 0 Å². The van der Waals surface area contributed by atoms with Gasteiger partial charge < -0.3 is 5.73 Å². The molecular weight excluding hydrogens is 297 g/mol. The van der Waals surface area contributed by atoms with Crippen molar-refractivity contribution in [3.8, 4) is 0 Å². The Hall–Kier alpha value is -1.95. The predicted octanol–water partition coefficient (Wildman–Crippen LogP) is 3.82. The van der Waals surface area contributed by atoms with E-state index in [4.69, 9.17) is 5.73 Å². The highest BCUT2D eigenvalue weighted by Gasteiger charge is 2.14. The third-order valence-corrected chi connectivity index (χ3v) is 6.59. The lowest BCUT2D eigenvalue weighted by Crippen LogP contribution is -2.15. The molecule has 3 aromatic rings. The molecule has 116 valence electrons. The van der Waals surface area contributed by atoms with Crippen molar-refractivity contribution in [1.29, 1.82) is 0 Å². The molecule has 3 aromatic carbocycles. The summed E-state index contributed by atoms with van der Waals surface area (Å²) in [5.74, 6) is 0. The van der Waals surface area contributed by atoms with E-state index in [0.717, 1.165) is 12.6 Å². The minimum atomic E-state index is -0.333. The fourth-order valence-electron chi connectivity index (χ4n) is 2.86. The van der Waals surface area contributed by atoms with Crippen molar-refractivity contribution >= 4 is 18.5 Å². The topological polar surface area (TPSA) is 26.0 Å². The van der Waals surface area contributed by atoms with Crippen LogP contribution < -0.4 is 16.3 Å². The van der Waals surface area contributed by atoms with Crippen molar-refractivity contribution in [3.63, 3.8) is 0 Å². The molecule has 0 fully saturated rings. The molecule has 0 radical (unpaired) electrons. The zero-order valence-electron chi connectivity index (χ0n) is 13.2. The fraction of sp³-hybridized carbons (Fsp3) is 0.143. The maximum absolute atomic E-state index is 5.88. The second-order valence-electron chi connectivity index (χ2n) is 5.55. The van der Waals surface area contributed by atoms with Gasteiger partial charge in [0.2, 0.25) is 0 Å². The van der Waals surface area contributed by atoms with E-state index >= 15 is 0 Å². The van der Waals surface area contributed by atoms with Crippen LogP contribution in [0.5, 0.6) is 0 Å². The SMILES string of the molecule is NCc1ccccc1CCP(c1ccccc1)c1ccccc1. The Morgan fingerprint density at radius 1 is 0.609 bits per heavy atom. The second-order valence-corrected chi connectivity index (χ2v) is 7.88. The third kappa shape index (κ3) is 4.07. The van der Waals surface area contributed by atoms with E-state index in [2.05, 4.69) is 84.9 Å². The fourth-order valence-corrected chi connectivity index (χ4v) is 5.20. The average Bonchev–Trinajstić information content (AvgIpc) is 2.64. The van der Waals surface area contributed by atoms with Crippen LogP contribution in [0.1, 0.15) is 11.1 Å². The summed E-state index contributed by atoms with van der Waals surface area (Å²) in [6, 6.07) is 30.3. The van der Waals surface area contributed by atoms with Gasteiger partial charge in [-0.05, 0) is 42.2 Å². The molecule has 0 heterocycles. The highest BCUT2D eigenvalue weighted by atomic mass is 31.1. The first-order valence-electron chi connectivity index (χ1n) is 8.03. The van der Waals surface area contributed by atoms with Crippen LogP contribution in [0.4, 0.5) is 0 Å². The van der Waals surface area contributed by atoms with Gasteiger partial charge in [-0.1, -0.05) is 84.9 Å². The molecule has 0 bridgehead atoms. The van der Waals surface area contributed by atoms with Crippen molar-refractivity contribution in [2.24, 2.45) is 5.73 Å². The van der Waals surface area contributed by atoms with Gasteiger partial charge in [0.15, 0.2) is 0 Å². The molecule has 0 atom stereocenters. The van der Waals surface area contributed by atoms with Crippen LogP contribution in [-0.4, -0.2) is 6.16 Å². The lowest BCUT2D eigenvalue weighted by molar-refractivity contribution is 1.01. The summed E-state index contributed by atoms with van der Waals surface area (Å²) >= 11 is 0. The van der Waals surface area contributed by atoms with E-state index < -0.39 is 0 Å². The number of nitrogens with two attached hydrogens (primary N) is 1. The van der Waals surface area contributed by atoms with Crippen LogP contribution in [0.2, 0.25) is 0 Å². The molecule has 0 aromatic heterocycles. The summed E-state index contributed by atoms with van der Waals surface area (Å²) < 4.78 is 0. The Bertz CT molecular complexity index is 686. The molecule has 0 spiro atoms. The number of benzene rings is 3. The van der Waals surface area contributed by atoms with Crippen LogP contribution in [0.25, 0.3) is 0 Å². The summed E-state index contributed by atoms with van der Waals surface area (Å²) in [5, 5.41) is 2.89. The van der Waals surface area contributed by atoms with Crippen molar-refractivity contribution in [2.75, 3.05) is 6.16 Å². The Labute approximate surface area is 139 Å². The number of hydrogen-bond donors (Lipinski definition) is 1. The van der Waals surface area contributed by atoms with E-state index in [0.29, 0.717) is 6.54 Å². The molecule has 3 rings (SSSR count). The van der Waals surface area contributed by atoms with E-state index in [1.165, 1.54) is 21.7 Å². The van der Waals surface area contributed by atoms with Crippen molar-refractivity contribution in [1.82, 2.24) is 0 Å². The zero-order chi connectivity index (χ0) is 15.9. The first-order chi connectivity index (χ1) is 11.4. The summed E-state index contributed by atoms with van der Waals surface area (Å²) in [4.78, 5) is 0. The van der Waals surface area contributed by atoms with Crippen LogP contribution in [-0.2, 0) is 13.0 Å². The van der Waals surface area contributed by atoms with Gasteiger partial charge in [0.05, 0.1) is 0 Å². The number of aryl methyl sites for hydroxylation is 1. The average molecular weight is 319 g/mol. The first-order valence-corrected chi connectivity index (χ1v) is 9.55. The Morgan fingerprint density at radius 3 is 1.61 bits per heavy atom. The molecule has 0 unspecified atom stereocenters. The molecule has 1 nitrogen and oxygen atoms in total.